The number of likely N-dealkylation sites (N-methyl/N-ethyl adjacent to an activating group) is 2. The summed E-state index contributed by atoms with van der Waals surface area (Å²) >= 11 is 0. The van der Waals surface area contributed by atoms with Gasteiger partial charge in [0, 0.05) is 38.2 Å². The molecule has 4 N–H and O–H groups in total. The van der Waals surface area contributed by atoms with Crippen LogP contribution in [0.1, 0.15) is 38.3 Å². The Bertz CT molecular complexity index is 463. The number of hydrogen-bond donors (Lipinski definition) is 2. The highest BCUT2D eigenvalue weighted by molar-refractivity contribution is 5.85. The Kier molecular flexibility index (Phi) is 9.77. The Morgan fingerprint density at radius 3 is 2.26 bits per heavy atom. The molecular formula is C15H30Cl2N6. The largest absolute Gasteiger partial charge is 0.368 e. The van der Waals surface area contributed by atoms with E-state index < -0.39 is 0 Å². The molecule has 0 aliphatic heterocycles. The summed E-state index contributed by atoms with van der Waals surface area (Å²) in [6.07, 6.45) is 2.00. The summed E-state index contributed by atoms with van der Waals surface area (Å²) in [5.41, 5.74) is 12.8. The lowest BCUT2D eigenvalue weighted by Gasteiger charge is -2.32. The van der Waals surface area contributed by atoms with Crippen LogP contribution in [0.2, 0.25) is 0 Å². The van der Waals surface area contributed by atoms with Crippen LogP contribution in [0.5, 0.6) is 0 Å². The molecular weight excluding hydrogens is 335 g/mol. The highest BCUT2D eigenvalue weighted by Crippen LogP contribution is 2.35. The monoisotopic (exact) mass is 364 g/mol. The van der Waals surface area contributed by atoms with Gasteiger partial charge in [0.15, 0.2) is 0 Å². The van der Waals surface area contributed by atoms with E-state index in [1.165, 1.54) is 0 Å². The molecule has 0 radical (unpaired) electrons. The van der Waals surface area contributed by atoms with E-state index in [-0.39, 0.29) is 24.8 Å². The van der Waals surface area contributed by atoms with E-state index in [9.17, 15) is 0 Å². The predicted octanol–water partition coefficient (Wildman–Crippen LogP) is 1.89. The third-order valence-electron chi connectivity index (χ3n) is 4.38. The maximum absolute atomic E-state index is 5.87. The van der Waals surface area contributed by atoms with E-state index >= 15 is 0 Å². The lowest BCUT2D eigenvalue weighted by atomic mass is 9.78. The highest BCUT2D eigenvalue weighted by Gasteiger charge is 2.29. The minimum absolute atomic E-state index is 0. The van der Waals surface area contributed by atoms with Crippen molar-refractivity contribution in [2.24, 2.45) is 5.73 Å². The van der Waals surface area contributed by atoms with Crippen LogP contribution < -0.4 is 16.4 Å². The van der Waals surface area contributed by atoms with Crippen LogP contribution >= 0.6 is 24.8 Å². The maximum atomic E-state index is 5.87. The topological polar surface area (TPSA) is 84.3 Å². The number of aromatic nitrogens is 2. The molecule has 1 aliphatic carbocycles. The van der Waals surface area contributed by atoms with Gasteiger partial charge in [0.1, 0.15) is 5.82 Å². The van der Waals surface area contributed by atoms with Gasteiger partial charge in [0.2, 0.25) is 5.95 Å². The summed E-state index contributed by atoms with van der Waals surface area (Å²) in [5, 5.41) is 0. The van der Waals surface area contributed by atoms with Crippen LogP contribution in [0, 0.1) is 0 Å². The SMILES string of the molecule is CCN(CC)CCN(C)c1cc(C2CC(N)C2)nc(N)n1.Cl.Cl. The van der Waals surface area contributed by atoms with Crippen molar-refractivity contribution in [3.8, 4) is 0 Å². The molecule has 0 bridgehead atoms. The standard InChI is InChI=1S/C15H28N6.2ClH/c1-4-21(5-2)7-6-20(3)14-10-13(18-15(17)19-14)11-8-12(16)9-11;;/h10-12H,4-9,16H2,1-3H3,(H2,17,18,19);2*1H. The molecule has 2 rings (SSSR count). The minimum Gasteiger partial charge on any atom is -0.368 e. The van der Waals surface area contributed by atoms with Crippen molar-refractivity contribution < 1.29 is 0 Å². The van der Waals surface area contributed by atoms with Crippen LogP contribution in [0.25, 0.3) is 0 Å². The second kappa shape index (κ2) is 10.1. The molecule has 23 heavy (non-hydrogen) atoms. The molecule has 1 heterocycles. The first-order valence-electron chi connectivity index (χ1n) is 7.87. The lowest BCUT2D eigenvalue weighted by molar-refractivity contribution is 0.311. The molecule has 6 nitrogen and oxygen atoms in total. The van der Waals surface area contributed by atoms with E-state index in [2.05, 4.69) is 46.7 Å². The average Bonchev–Trinajstić information content (AvgIpc) is 2.44. The van der Waals surface area contributed by atoms with E-state index in [0.717, 1.165) is 50.5 Å². The van der Waals surface area contributed by atoms with Crippen molar-refractivity contribution in [3.63, 3.8) is 0 Å². The second-order valence-corrected chi connectivity index (χ2v) is 5.89. The van der Waals surface area contributed by atoms with E-state index in [1.54, 1.807) is 0 Å². The van der Waals surface area contributed by atoms with Gasteiger partial charge in [-0.1, -0.05) is 13.8 Å². The maximum Gasteiger partial charge on any atom is 0.222 e. The summed E-state index contributed by atoms with van der Waals surface area (Å²) in [4.78, 5) is 13.3. The van der Waals surface area contributed by atoms with Crippen LogP contribution in [-0.4, -0.2) is 54.1 Å². The number of rotatable bonds is 7. The quantitative estimate of drug-likeness (QED) is 0.768. The second-order valence-electron chi connectivity index (χ2n) is 5.89. The van der Waals surface area contributed by atoms with E-state index in [4.69, 9.17) is 11.5 Å². The van der Waals surface area contributed by atoms with Gasteiger partial charge in [-0.2, -0.15) is 4.98 Å². The molecule has 1 fully saturated rings. The zero-order valence-electron chi connectivity index (χ0n) is 14.2. The van der Waals surface area contributed by atoms with Crippen molar-refractivity contribution in [1.29, 1.82) is 0 Å². The third-order valence-corrected chi connectivity index (χ3v) is 4.38. The lowest BCUT2D eigenvalue weighted by Crippen LogP contribution is -2.36. The third kappa shape index (κ3) is 5.95. The molecule has 134 valence electrons. The van der Waals surface area contributed by atoms with Crippen molar-refractivity contribution in [2.75, 3.05) is 43.9 Å². The molecule has 1 aromatic heterocycles. The Morgan fingerprint density at radius 2 is 1.74 bits per heavy atom. The normalized spacial score (nSPS) is 19.5. The van der Waals surface area contributed by atoms with Crippen LogP contribution in [0.4, 0.5) is 11.8 Å². The highest BCUT2D eigenvalue weighted by atomic mass is 35.5. The molecule has 1 aliphatic rings. The van der Waals surface area contributed by atoms with Gasteiger partial charge in [-0.05, 0) is 25.9 Å². The summed E-state index contributed by atoms with van der Waals surface area (Å²) in [7, 11) is 2.06. The van der Waals surface area contributed by atoms with Gasteiger partial charge in [-0.3, -0.25) is 0 Å². The molecule has 1 saturated carbocycles. The average molecular weight is 365 g/mol. The Morgan fingerprint density at radius 1 is 1.13 bits per heavy atom. The van der Waals surface area contributed by atoms with Crippen LogP contribution in [-0.2, 0) is 0 Å². The fraction of sp³-hybridized carbons (Fsp3) is 0.733. The first-order valence-corrected chi connectivity index (χ1v) is 7.87. The molecule has 0 unspecified atom stereocenters. The number of nitrogens with zero attached hydrogens (tertiary/aromatic N) is 4. The van der Waals surface area contributed by atoms with Crippen molar-refractivity contribution in [3.05, 3.63) is 11.8 Å². The van der Waals surface area contributed by atoms with Crippen molar-refractivity contribution in [1.82, 2.24) is 14.9 Å². The molecule has 8 heteroatoms. The summed E-state index contributed by atoms with van der Waals surface area (Å²) in [6, 6.07) is 2.38. The molecule has 0 spiro atoms. The molecule has 0 aromatic carbocycles. The van der Waals surface area contributed by atoms with Crippen molar-refractivity contribution >= 4 is 36.6 Å². The number of anilines is 2. The number of nitrogen functional groups attached to an aromatic ring is 1. The van der Waals surface area contributed by atoms with Gasteiger partial charge in [0.05, 0.1) is 5.69 Å². The fourth-order valence-corrected chi connectivity index (χ4v) is 2.73. The summed E-state index contributed by atoms with van der Waals surface area (Å²) < 4.78 is 0. The van der Waals surface area contributed by atoms with Crippen LogP contribution in [0.3, 0.4) is 0 Å². The van der Waals surface area contributed by atoms with Crippen molar-refractivity contribution in [2.45, 2.75) is 38.6 Å². The Hall–Kier alpha value is -0.820. The van der Waals surface area contributed by atoms with E-state index in [0.29, 0.717) is 17.9 Å². The van der Waals surface area contributed by atoms with Gasteiger partial charge in [0.25, 0.3) is 0 Å². The molecule has 0 atom stereocenters. The number of nitrogens with two attached hydrogens (primary N) is 2. The predicted molar refractivity (Wildman–Crippen MR) is 102 cm³/mol. The molecule has 1 aromatic rings. The zero-order chi connectivity index (χ0) is 15.4. The first-order chi connectivity index (χ1) is 10.0. The number of hydrogen-bond acceptors (Lipinski definition) is 6. The van der Waals surface area contributed by atoms with Gasteiger partial charge in [-0.15, -0.1) is 24.8 Å². The number of halogens is 2. The smallest absolute Gasteiger partial charge is 0.222 e. The summed E-state index contributed by atoms with van der Waals surface area (Å²) in [5.74, 6) is 1.71. The zero-order valence-corrected chi connectivity index (χ0v) is 15.9. The fourth-order valence-electron chi connectivity index (χ4n) is 2.73. The molecule has 0 saturated heterocycles. The first kappa shape index (κ1) is 22.2. The van der Waals surface area contributed by atoms with Gasteiger partial charge >= 0.3 is 0 Å². The van der Waals surface area contributed by atoms with Gasteiger partial charge < -0.3 is 21.3 Å². The minimum atomic E-state index is 0. The molecule has 0 amide bonds. The van der Waals surface area contributed by atoms with Gasteiger partial charge in [-0.25, -0.2) is 4.98 Å². The summed E-state index contributed by atoms with van der Waals surface area (Å²) in [6.45, 7) is 8.47. The van der Waals surface area contributed by atoms with E-state index in [1.807, 2.05) is 0 Å². The Balaban J connectivity index is 0.00000242. The van der Waals surface area contributed by atoms with Crippen LogP contribution in [0.15, 0.2) is 6.07 Å². The Labute approximate surface area is 151 Å².